The van der Waals surface area contributed by atoms with Crippen LogP contribution in [-0.2, 0) is 19.1 Å². The molecule has 0 rings (SSSR count). The number of rotatable bonds is 35. The van der Waals surface area contributed by atoms with Crippen LogP contribution in [-0.4, -0.2) is 36.4 Å². The van der Waals surface area contributed by atoms with Crippen LogP contribution in [0.25, 0.3) is 0 Å². The molecule has 0 bridgehead atoms. The van der Waals surface area contributed by atoms with E-state index in [2.05, 4.69) is 20.8 Å². The van der Waals surface area contributed by atoms with Gasteiger partial charge in [0.25, 0.3) is 0 Å². The first-order valence-electron chi connectivity index (χ1n) is 19.5. The van der Waals surface area contributed by atoms with Crippen molar-refractivity contribution in [1.82, 2.24) is 0 Å². The number of ether oxygens (including phenoxy) is 2. The number of unbranched alkanes of at least 4 members (excludes halogenated alkanes) is 24. The van der Waals surface area contributed by atoms with Gasteiger partial charge in [-0.2, -0.15) is 0 Å². The van der Waals surface area contributed by atoms with Crippen LogP contribution in [0, 0.1) is 5.92 Å². The standard InChI is InChI=1S/C39H76O5/c1-4-6-7-8-9-10-11-17-21-24-27-30-33-39(42)44-37(34-40)35-43-38(41)32-29-26-23-20-18-15-13-12-14-16-19-22-25-28-31-36(3)5-2/h36-37,40H,4-35H2,1-3H3/t36?,37-/m0/s1. The number of carbonyl (C=O) groups is 2. The zero-order valence-corrected chi connectivity index (χ0v) is 29.9. The van der Waals surface area contributed by atoms with Crippen molar-refractivity contribution in [3.05, 3.63) is 0 Å². The Balaban J connectivity index is 3.49. The predicted octanol–water partition coefficient (Wildman–Crippen LogP) is 11.8. The normalized spacial score (nSPS) is 12.7. The number of hydrogen-bond donors (Lipinski definition) is 1. The van der Waals surface area contributed by atoms with Gasteiger partial charge in [0.1, 0.15) is 6.61 Å². The predicted molar refractivity (Wildman–Crippen MR) is 187 cm³/mol. The molecule has 1 N–H and O–H groups in total. The maximum Gasteiger partial charge on any atom is 0.306 e. The van der Waals surface area contributed by atoms with Gasteiger partial charge < -0.3 is 14.6 Å². The number of aliphatic hydroxyl groups excluding tert-OH is 1. The van der Waals surface area contributed by atoms with E-state index in [1.165, 1.54) is 148 Å². The highest BCUT2D eigenvalue weighted by Gasteiger charge is 2.16. The molecule has 0 aromatic carbocycles. The lowest BCUT2D eigenvalue weighted by atomic mass is 9.99. The monoisotopic (exact) mass is 625 g/mol. The smallest absolute Gasteiger partial charge is 0.306 e. The second kappa shape index (κ2) is 34.8. The molecule has 0 spiro atoms. The highest BCUT2D eigenvalue weighted by atomic mass is 16.6. The Bertz CT molecular complexity index is 607. The van der Waals surface area contributed by atoms with Crippen molar-refractivity contribution < 1.29 is 24.2 Å². The van der Waals surface area contributed by atoms with Gasteiger partial charge >= 0.3 is 11.9 Å². The van der Waals surface area contributed by atoms with Crippen molar-refractivity contribution in [3.8, 4) is 0 Å². The molecule has 0 saturated carbocycles. The Hall–Kier alpha value is -1.10. The van der Waals surface area contributed by atoms with Crippen molar-refractivity contribution in [3.63, 3.8) is 0 Å². The summed E-state index contributed by atoms with van der Waals surface area (Å²) in [5.41, 5.74) is 0. The molecule has 0 radical (unpaired) electrons. The second-order valence-corrected chi connectivity index (χ2v) is 13.6. The first-order chi connectivity index (χ1) is 21.5. The van der Waals surface area contributed by atoms with Gasteiger partial charge in [0.15, 0.2) is 6.10 Å². The van der Waals surface area contributed by atoms with Crippen molar-refractivity contribution in [2.75, 3.05) is 13.2 Å². The van der Waals surface area contributed by atoms with E-state index >= 15 is 0 Å². The highest BCUT2D eigenvalue weighted by Crippen LogP contribution is 2.17. The summed E-state index contributed by atoms with van der Waals surface area (Å²) in [6.45, 7) is 6.54. The van der Waals surface area contributed by atoms with Crippen LogP contribution in [0.15, 0.2) is 0 Å². The van der Waals surface area contributed by atoms with Gasteiger partial charge in [-0.05, 0) is 18.8 Å². The highest BCUT2D eigenvalue weighted by molar-refractivity contribution is 5.70. The lowest BCUT2D eigenvalue weighted by Crippen LogP contribution is -2.28. The van der Waals surface area contributed by atoms with Crippen LogP contribution >= 0.6 is 0 Å². The average molecular weight is 625 g/mol. The van der Waals surface area contributed by atoms with E-state index in [9.17, 15) is 14.7 Å². The number of aliphatic hydroxyl groups is 1. The molecule has 0 aliphatic carbocycles. The molecule has 2 atom stereocenters. The van der Waals surface area contributed by atoms with Gasteiger partial charge in [0, 0.05) is 12.8 Å². The molecule has 1 unspecified atom stereocenters. The Morgan fingerprint density at radius 3 is 1.27 bits per heavy atom. The van der Waals surface area contributed by atoms with Gasteiger partial charge in [-0.25, -0.2) is 0 Å². The van der Waals surface area contributed by atoms with E-state index in [0.29, 0.717) is 12.8 Å². The van der Waals surface area contributed by atoms with Crippen LogP contribution in [0.2, 0.25) is 0 Å². The fraction of sp³-hybridized carbons (Fsp3) is 0.949. The largest absolute Gasteiger partial charge is 0.462 e. The molecule has 0 saturated heterocycles. The summed E-state index contributed by atoms with van der Waals surface area (Å²) in [5.74, 6) is 0.325. The Kier molecular flexibility index (Phi) is 33.9. The summed E-state index contributed by atoms with van der Waals surface area (Å²) in [6.07, 6.45) is 35.8. The summed E-state index contributed by atoms with van der Waals surface area (Å²) in [6, 6.07) is 0. The third kappa shape index (κ3) is 32.3. The molecule has 0 heterocycles. The zero-order valence-electron chi connectivity index (χ0n) is 29.9. The Morgan fingerprint density at radius 1 is 0.523 bits per heavy atom. The SMILES string of the molecule is CCCCCCCCCCCCCCC(=O)O[C@@H](CO)COC(=O)CCCCCCCCCCCCCCCCC(C)CC. The van der Waals surface area contributed by atoms with Crippen molar-refractivity contribution in [2.45, 2.75) is 219 Å². The minimum absolute atomic E-state index is 0.0578. The van der Waals surface area contributed by atoms with Crippen LogP contribution in [0.3, 0.4) is 0 Å². The fourth-order valence-corrected chi connectivity index (χ4v) is 5.82. The molecule has 5 heteroatoms. The number of hydrogen-bond acceptors (Lipinski definition) is 5. The molecule has 262 valence electrons. The van der Waals surface area contributed by atoms with Gasteiger partial charge in [-0.15, -0.1) is 0 Å². The molecule has 0 aromatic heterocycles. The molecule has 44 heavy (non-hydrogen) atoms. The van der Waals surface area contributed by atoms with Crippen LogP contribution in [0.4, 0.5) is 0 Å². The average Bonchev–Trinajstić information content (AvgIpc) is 3.03. The topological polar surface area (TPSA) is 72.8 Å². The summed E-state index contributed by atoms with van der Waals surface area (Å²) in [7, 11) is 0. The minimum Gasteiger partial charge on any atom is -0.462 e. The summed E-state index contributed by atoms with van der Waals surface area (Å²) < 4.78 is 10.6. The van der Waals surface area contributed by atoms with E-state index < -0.39 is 6.10 Å². The van der Waals surface area contributed by atoms with E-state index in [4.69, 9.17) is 9.47 Å². The molecule has 0 fully saturated rings. The van der Waals surface area contributed by atoms with Gasteiger partial charge in [0.2, 0.25) is 0 Å². The fourth-order valence-electron chi connectivity index (χ4n) is 5.82. The molecule has 0 aromatic rings. The quantitative estimate of drug-likeness (QED) is 0.0561. The zero-order chi connectivity index (χ0) is 32.4. The minimum atomic E-state index is -0.761. The molecule has 0 aliphatic heterocycles. The Morgan fingerprint density at radius 2 is 0.886 bits per heavy atom. The van der Waals surface area contributed by atoms with E-state index in [1.54, 1.807) is 0 Å². The van der Waals surface area contributed by atoms with E-state index in [1.807, 2.05) is 0 Å². The molecular weight excluding hydrogens is 548 g/mol. The van der Waals surface area contributed by atoms with Gasteiger partial charge in [0.05, 0.1) is 6.61 Å². The maximum atomic E-state index is 12.1. The van der Waals surface area contributed by atoms with Crippen LogP contribution in [0.1, 0.15) is 213 Å². The molecule has 0 aliphatic rings. The molecule has 5 nitrogen and oxygen atoms in total. The molecule has 0 amide bonds. The van der Waals surface area contributed by atoms with Crippen molar-refractivity contribution in [2.24, 2.45) is 5.92 Å². The number of carbonyl (C=O) groups excluding carboxylic acids is 2. The first-order valence-corrected chi connectivity index (χ1v) is 19.5. The second-order valence-electron chi connectivity index (χ2n) is 13.6. The summed E-state index contributed by atoms with van der Waals surface area (Å²) in [5, 5.41) is 9.53. The van der Waals surface area contributed by atoms with Gasteiger partial charge in [-0.1, -0.05) is 188 Å². The van der Waals surface area contributed by atoms with Crippen molar-refractivity contribution >= 4 is 11.9 Å². The maximum absolute atomic E-state index is 12.1. The molecular formula is C39H76O5. The number of esters is 2. The first kappa shape index (κ1) is 42.9. The summed E-state index contributed by atoms with van der Waals surface area (Å²) >= 11 is 0. The third-order valence-electron chi connectivity index (χ3n) is 9.19. The van der Waals surface area contributed by atoms with Crippen LogP contribution < -0.4 is 0 Å². The lowest BCUT2D eigenvalue weighted by Gasteiger charge is -2.15. The third-order valence-corrected chi connectivity index (χ3v) is 9.19. The summed E-state index contributed by atoms with van der Waals surface area (Å²) in [4.78, 5) is 24.2. The van der Waals surface area contributed by atoms with E-state index in [0.717, 1.165) is 38.0 Å². The lowest BCUT2D eigenvalue weighted by molar-refractivity contribution is -0.161. The van der Waals surface area contributed by atoms with Crippen LogP contribution in [0.5, 0.6) is 0 Å². The Labute approximate surface area is 274 Å². The van der Waals surface area contributed by atoms with Crippen molar-refractivity contribution in [1.29, 1.82) is 0 Å². The van der Waals surface area contributed by atoms with Gasteiger partial charge in [-0.3, -0.25) is 9.59 Å². The van der Waals surface area contributed by atoms with E-state index in [-0.39, 0.29) is 25.2 Å².